The van der Waals surface area contributed by atoms with Crippen LogP contribution in [0.25, 0.3) is 34.4 Å². The van der Waals surface area contributed by atoms with Gasteiger partial charge in [0.05, 0.1) is 0 Å². The van der Waals surface area contributed by atoms with Crippen molar-refractivity contribution in [3.05, 3.63) is 129 Å². The first-order valence-electron chi connectivity index (χ1n) is 17.4. The summed E-state index contributed by atoms with van der Waals surface area (Å²) < 4.78 is 7.02. The monoisotopic (exact) mass is 774 g/mol. The molecule has 0 heterocycles. The third-order valence-electron chi connectivity index (χ3n) is 13.0. The van der Waals surface area contributed by atoms with E-state index in [1.54, 1.807) is 11.1 Å². The van der Waals surface area contributed by atoms with Gasteiger partial charge >= 0.3 is 275 Å². The number of benzene rings is 4. The van der Waals surface area contributed by atoms with Gasteiger partial charge in [0, 0.05) is 0 Å². The van der Waals surface area contributed by atoms with Crippen molar-refractivity contribution in [3.63, 3.8) is 0 Å². The first kappa shape index (κ1) is 31.1. The van der Waals surface area contributed by atoms with E-state index in [2.05, 4.69) is 141 Å². The maximum atomic E-state index is 2.93. The Labute approximate surface area is 273 Å². The van der Waals surface area contributed by atoms with Crippen LogP contribution in [0.5, 0.6) is 0 Å². The third-order valence-corrected chi connectivity index (χ3v) is 71.0. The zero-order valence-electron chi connectivity index (χ0n) is 28.5. The zero-order valence-corrected chi connectivity index (χ0v) is 33.1. The van der Waals surface area contributed by atoms with Gasteiger partial charge in [0.15, 0.2) is 0 Å². The Hall–Kier alpha value is -2.55. The van der Waals surface area contributed by atoms with Crippen LogP contribution in [0.3, 0.4) is 0 Å². The van der Waals surface area contributed by atoms with Gasteiger partial charge in [-0.25, -0.2) is 0 Å². The van der Waals surface area contributed by atoms with Gasteiger partial charge in [-0.1, -0.05) is 0 Å². The van der Waals surface area contributed by atoms with Crippen molar-refractivity contribution in [2.24, 2.45) is 0 Å². The van der Waals surface area contributed by atoms with Gasteiger partial charge in [0.1, 0.15) is 0 Å². The molecule has 3 aliphatic carbocycles. The molecule has 0 nitrogen and oxygen atoms in total. The fraction of sp³-hybridized carbons (Fsp3) is 0.349. The Balaban J connectivity index is 1.45. The molecule has 0 spiro atoms. The van der Waals surface area contributed by atoms with E-state index in [1.807, 2.05) is 0 Å². The van der Waals surface area contributed by atoms with Crippen LogP contribution in [-0.4, -0.2) is 5.49 Å². The van der Waals surface area contributed by atoms with E-state index in [0.29, 0.717) is 7.35 Å². The fourth-order valence-electron chi connectivity index (χ4n) is 9.64. The van der Waals surface area contributed by atoms with E-state index < -0.39 is 22.6 Å². The molecule has 1 fully saturated rings. The van der Waals surface area contributed by atoms with E-state index in [1.165, 1.54) is 87.7 Å². The Morgan fingerprint density at radius 1 is 0.556 bits per heavy atom. The van der Waals surface area contributed by atoms with E-state index in [0.717, 1.165) is 5.54 Å². The summed E-state index contributed by atoms with van der Waals surface area (Å²) in [5.41, 5.74) is 17.8. The average Bonchev–Trinajstić information content (AvgIpc) is 3.70. The summed E-state index contributed by atoms with van der Waals surface area (Å²) in [5.74, 6) is 0. The number of rotatable bonds is 5. The molecule has 0 aromatic heterocycles. The van der Waals surface area contributed by atoms with Crippen molar-refractivity contribution in [1.82, 2.24) is 0 Å². The minimum atomic E-state index is -3.90. The Morgan fingerprint density at radius 2 is 0.978 bits per heavy atom. The van der Waals surface area contributed by atoms with E-state index >= 15 is 0 Å². The molecule has 2 heteroatoms. The maximum absolute atomic E-state index is 3.90. The molecule has 0 amide bonds. The number of aryl methyl sites for hydroxylation is 2. The molecule has 0 bridgehead atoms. The Kier molecular flexibility index (Phi) is 8.01. The first-order valence-corrected chi connectivity index (χ1v) is 36.2. The molecule has 2 atom stereocenters. The van der Waals surface area contributed by atoms with Crippen molar-refractivity contribution >= 4 is 17.6 Å². The predicted molar refractivity (Wildman–Crippen MR) is 196 cm³/mol. The molecular formula is C43H50HfSi. The molecule has 45 heavy (non-hydrogen) atoms. The van der Waals surface area contributed by atoms with Crippen LogP contribution < -0.4 is 0 Å². The second-order valence-electron chi connectivity index (χ2n) is 15.4. The number of hydrogen-bond donors (Lipinski definition) is 0. The molecule has 3 aliphatic rings. The fourth-order valence-corrected chi connectivity index (χ4v) is 59.9. The third kappa shape index (κ3) is 4.84. The van der Waals surface area contributed by atoms with Crippen molar-refractivity contribution in [2.75, 3.05) is 0 Å². The Morgan fingerprint density at radius 3 is 1.44 bits per heavy atom. The van der Waals surface area contributed by atoms with Gasteiger partial charge in [-0.2, -0.15) is 0 Å². The molecule has 4 aromatic rings. The molecule has 0 saturated heterocycles. The van der Waals surface area contributed by atoms with Crippen LogP contribution in [0.15, 0.2) is 84.9 Å². The average molecular weight is 773 g/mol. The quantitative estimate of drug-likeness (QED) is 0.177. The molecule has 0 N–H and O–H groups in total. The molecular weight excluding hydrogens is 723 g/mol. The van der Waals surface area contributed by atoms with Crippen molar-refractivity contribution < 1.29 is 17.1 Å². The number of hydrogen-bond acceptors (Lipinski definition) is 0. The number of fused-ring (bicyclic) bond motifs is 2. The van der Waals surface area contributed by atoms with Crippen LogP contribution in [0, 0.1) is 27.7 Å². The van der Waals surface area contributed by atoms with Gasteiger partial charge < -0.3 is 0 Å². The summed E-state index contributed by atoms with van der Waals surface area (Å²) >= 11 is -3.90. The molecule has 7 rings (SSSR count). The normalized spacial score (nSPS) is 19.6. The Bertz CT molecular complexity index is 1830. The molecule has 1 saturated carbocycles. The molecule has 230 valence electrons. The van der Waals surface area contributed by atoms with E-state index in [9.17, 15) is 0 Å². The van der Waals surface area contributed by atoms with Gasteiger partial charge in [-0.15, -0.1) is 0 Å². The summed E-state index contributed by atoms with van der Waals surface area (Å²) in [6.45, 7) is 11.9. The van der Waals surface area contributed by atoms with E-state index in [4.69, 9.17) is 0 Å². The van der Waals surface area contributed by atoms with Crippen LogP contribution in [0.4, 0.5) is 0 Å². The van der Waals surface area contributed by atoms with Crippen molar-refractivity contribution in [3.8, 4) is 22.3 Å². The SMILES string of the molecule is Cc1cccc(-c2cccc3c2C=C[CH]3[Hf]([CH3])([CH3])([CH]2C=Cc3c(-c4cccc(C)c4C)cccc32)=[Si](C)C2CCCCC2)c1C. The van der Waals surface area contributed by atoms with Crippen molar-refractivity contribution in [1.29, 1.82) is 0 Å². The van der Waals surface area contributed by atoms with Crippen LogP contribution in [0.2, 0.25) is 21.4 Å². The molecule has 0 aliphatic heterocycles. The summed E-state index contributed by atoms with van der Waals surface area (Å²) in [4.78, 5) is 0. The predicted octanol–water partition coefficient (Wildman–Crippen LogP) is 12.8. The minimum absolute atomic E-state index is 0.577. The molecule has 2 unspecified atom stereocenters. The van der Waals surface area contributed by atoms with E-state index in [-0.39, 0.29) is 0 Å². The summed E-state index contributed by atoms with van der Waals surface area (Å²) in [6, 6.07) is 28.2. The van der Waals surface area contributed by atoms with Gasteiger partial charge in [0.2, 0.25) is 0 Å². The van der Waals surface area contributed by atoms with Crippen LogP contribution >= 0.6 is 0 Å². The summed E-state index contributed by atoms with van der Waals surface area (Å²) in [5, 5.41) is 0. The van der Waals surface area contributed by atoms with Gasteiger partial charge in [-0.3, -0.25) is 0 Å². The molecule has 4 aromatic carbocycles. The van der Waals surface area contributed by atoms with Gasteiger partial charge in [-0.05, 0) is 0 Å². The number of allylic oxidation sites excluding steroid dienone is 2. The second-order valence-corrected chi connectivity index (χ2v) is 62.2. The van der Waals surface area contributed by atoms with Crippen molar-refractivity contribution in [2.45, 2.75) is 88.6 Å². The van der Waals surface area contributed by atoms with Crippen LogP contribution in [0.1, 0.15) is 84.0 Å². The standard InChI is InChI=1S/2C17H15.C7H14Si.2CH3.Hf/c2*1-12-6-3-9-15(13(12)2)17-11-5-8-14-7-4-10-16(14)17;1-8-7-5-3-2-4-6-7;;;/h2*3-11H,1-2H3;7H,2-6H2,1H3;2*1H3;. The summed E-state index contributed by atoms with van der Waals surface area (Å²) in [6.07, 6.45) is 17.7. The van der Waals surface area contributed by atoms with Gasteiger partial charge in [0.25, 0.3) is 0 Å². The molecule has 0 radical (unpaired) electrons. The topological polar surface area (TPSA) is 0 Å². The van der Waals surface area contributed by atoms with Crippen LogP contribution in [-0.2, 0) is 17.1 Å². The first-order chi connectivity index (χ1) is 21.6. The summed E-state index contributed by atoms with van der Waals surface area (Å²) in [7, 11) is 0. The zero-order chi connectivity index (χ0) is 31.5. The second kappa shape index (κ2) is 11.6.